The van der Waals surface area contributed by atoms with Crippen molar-refractivity contribution in [2.24, 2.45) is 0 Å². The fourth-order valence-corrected chi connectivity index (χ4v) is 7.04. The molecule has 4 aromatic carbocycles. The van der Waals surface area contributed by atoms with Crippen molar-refractivity contribution >= 4 is 67.4 Å². The largest absolute Gasteiger partial charge is 0.461 e. The van der Waals surface area contributed by atoms with Crippen LogP contribution in [0.4, 0.5) is 11.4 Å². The minimum Gasteiger partial charge on any atom is -0.461 e. The van der Waals surface area contributed by atoms with Crippen LogP contribution in [-0.4, -0.2) is 91.4 Å². The van der Waals surface area contributed by atoms with Crippen LogP contribution in [0.15, 0.2) is 72.8 Å². The number of carbonyl (C=O) groups excluding carboxylic acids is 2. The SMILES string of the molecule is O=C(Nc1ccc2[nH]c(C(=O)N3CC(Cl)Cc4c3cc(O[C@@H]3OC(CO)[C@H](O)C(O)C3O)c3ccccc43)cc2c1)c1cc2ccc#cc2[nH]1. The van der Waals surface area contributed by atoms with Crippen LogP contribution < -0.4 is 15.0 Å². The molecule has 7 N–H and O–H groups in total. The van der Waals surface area contributed by atoms with E-state index in [2.05, 4.69) is 27.4 Å². The number of hydrogen-bond donors (Lipinski definition) is 7. The summed E-state index contributed by atoms with van der Waals surface area (Å²) in [5, 5.41) is 46.4. The second-order valence-electron chi connectivity index (χ2n) is 12.5. The molecule has 2 aromatic heterocycles. The van der Waals surface area contributed by atoms with E-state index in [1.807, 2.05) is 30.3 Å². The first-order valence-corrected chi connectivity index (χ1v) is 16.4. The van der Waals surface area contributed by atoms with Gasteiger partial charge >= 0.3 is 0 Å². The summed E-state index contributed by atoms with van der Waals surface area (Å²) in [6, 6.07) is 27.2. The van der Waals surface area contributed by atoms with Gasteiger partial charge in [-0.2, -0.15) is 0 Å². The number of fused-ring (bicyclic) bond motifs is 5. The second kappa shape index (κ2) is 12.6. The second-order valence-corrected chi connectivity index (χ2v) is 13.1. The van der Waals surface area contributed by atoms with Gasteiger partial charge in [-0.25, -0.2) is 0 Å². The number of benzene rings is 3. The monoisotopic (exact) mass is 694 g/mol. The van der Waals surface area contributed by atoms with E-state index in [4.69, 9.17) is 21.1 Å². The average Bonchev–Trinajstić information content (AvgIpc) is 3.76. The predicted molar refractivity (Wildman–Crippen MR) is 186 cm³/mol. The van der Waals surface area contributed by atoms with Crippen LogP contribution in [-0.2, 0) is 11.2 Å². The molecule has 12 nitrogen and oxygen atoms in total. The van der Waals surface area contributed by atoms with Gasteiger partial charge in [-0.3, -0.25) is 9.59 Å². The van der Waals surface area contributed by atoms with E-state index < -0.39 is 42.7 Å². The zero-order valence-electron chi connectivity index (χ0n) is 26.3. The molecule has 50 heavy (non-hydrogen) atoms. The molecule has 8 rings (SSSR count). The molecular formula is C37H31ClN4O8. The minimum absolute atomic E-state index is 0.196. The van der Waals surface area contributed by atoms with Crippen molar-refractivity contribution < 1.29 is 39.5 Å². The van der Waals surface area contributed by atoms with Gasteiger partial charge < -0.3 is 50.1 Å². The summed E-state index contributed by atoms with van der Waals surface area (Å²) in [6.45, 7) is -0.406. The molecule has 2 amide bonds. The third-order valence-corrected chi connectivity index (χ3v) is 9.57. The number of carbonyl (C=O) groups is 2. The number of aliphatic hydroxyl groups excluding tert-OH is 4. The lowest BCUT2D eigenvalue weighted by atomic mass is 9.93. The third kappa shape index (κ3) is 5.60. The number of aliphatic hydroxyl groups is 4. The number of anilines is 2. The molecule has 254 valence electrons. The summed E-state index contributed by atoms with van der Waals surface area (Å²) in [6.07, 6.45) is -6.87. The Bertz CT molecular complexity index is 2230. The Morgan fingerprint density at radius 3 is 2.56 bits per heavy atom. The summed E-state index contributed by atoms with van der Waals surface area (Å²) in [5.41, 5.74) is 3.96. The van der Waals surface area contributed by atoms with E-state index in [-0.39, 0.29) is 24.1 Å². The Hall–Kier alpha value is -5.13. The van der Waals surface area contributed by atoms with Crippen molar-refractivity contribution in [1.82, 2.24) is 9.97 Å². The summed E-state index contributed by atoms with van der Waals surface area (Å²) < 4.78 is 11.8. The fraction of sp³-hybridized carbons (Fsp3) is 0.243. The van der Waals surface area contributed by atoms with Gasteiger partial charge in [-0.15, -0.1) is 11.6 Å². The predicted octanol–water partition coefficient (Wildman–Crippen LogP) is 3.64. The number of halogens is 1. The zero-order chi connectivity index (χ0) is 34.7. The van der Waals surface area contributed by atoms with Crippen LogP contribution in [0, 0.1) is 12.1 Å². The topological polar surface area (TPSA) is 180 Å². The van der Waals surface area contributed by atoms with Crippen LogP contribution in [0.2, 0.25) is 0 Å². The van der Waals surface area contributed by atoms with E-state index in [0.717, 1.165) is 16.3 Å². The fourth-order valence-electron chi connectivity index (χ4n) is 6.75. The van der Waals surface area contributed by atoms with E-state index in [1.165, 1.54) is 0 Å². The zero-order valence-corrected chi connectivity index (χ0v) is 27.0. The molecule has 2 aliphatic rings. The summed E-state index contributed by atoms with van der Waals surface area (Å²) in [4.78, 5) is 35.0. The minimum atomic E-state index is -1.62. The normalized spacial score (nSPS) is 23.5. The Morgan fingerprint density at radius 2 is 1.76 bits per heavy atom. The summed E-state index contributed by atoms with van der Waals surface area (Å²) >= 11 is 6.76. The Labute approximate surface area is 289 Å². The van der Waals surface area contributed by atoms with E-state index in [1.54, 1.807) is 47.4 Å². The van der Waals surface area contributed by atoms with Gasteiger partial charge in [0.1, 0.15) is 41.6 Å². The van der Waals surface area contributed by atoms with Gasteiger partial charge in [-0.1, -0.05) is 30.3 Å². The van der Waals surface area contributed by atoms with Gasteiger partial charge in [0.15, 0.2) is 0 Å². The number of nitrogens with zero attached hydrogens (tertiary/aromatic N) is 1. The van der Waals surface area contributed by atoms with E-state index >= 15 is 0 Å². The van der Waals surface area contributed by atoms with Crippen molar-refractivity contribution in [2.45, 2.75) is 42.5 Å². The van der Waals surface area contributed by atoms with Gasteiger partial charge in [0.2, 0.25) is 6.29 Å². The number of rotatable bonds is 6. The molecule has 0 saturated carbocycles. The molecule has 1 saturated heterocycles. The van der Waals surface area contributed by atoms with Crippen molar-refractivity contribution in [1.29, 1.82) is 0 Å². The third-order valence-electron chi connectivity index (χ3n) is 9.27. The quantitative estimate of drug-likeness (QED) is 0.129. The number of ether oxygens (including phenoxy) is 2. The first-order valence-electron chi connectivity index (χ1n) is 16.0. The maximum atomic E-state index is 14.2. The first kappa shape index (κ1) is 32.1. The Morgan fingerprint density at radius 1 is 0.960 bits per heavy atom. The number of H-pyrrole nitrogens is 2. The molecule has 2 aliphatic heterocycles. The van der Waals surface area contributed by atoms with Crippen LogP contribution in [0.5, 0.6) is 5.75 Å². The number of amides is 2. The van der Waals surface area contributed by atoms with Crippen LogP contribution >= 0.6 is 11.6 Å². The first-order chi connectivity index (χ1) is 24.2. The van der Waals surface area contributed by atoms with Crippen LogP contribution in [0.25, 0.3) is 32.6 Å². The van der Waals surface area contributed by atoms with Crippen LogP contribution in [0.1, 0.15) is 26.5 Å². The lowest BCUT2D eigenvalue weighted by molar-refractivity contribution is -0.277. The van der Waals surface area contributed by atoms with Crippen molar-refractivity contribution in [3.05, 3.63) is 102 Å². The van der Waals surface area contributed by atoms with Crippen molar-refractivity contribution in [2.75, 3.05) is 23.4 Å². The van der Waals surface area contributed by atoms with Crippen molar-refractivity contribution in [3.63, 3.8) is 0 Å². The number of aromatic nitrogens is 2. The van der Waals surface area contributed by atoms with Gasteiger partial charge in [0.05, 0.1) is 23.2 Å². The summed E-state index contributed by atoms with van der Waals surface area (Å²) in [7, 11) is 0. The highest BCUT2D eigenvalue weighted by Gasteiger charge is 2.45. The average molecular weight is 695 g/mol. The van der Waals surface area contributed by atoms with E-state index in [0.29, 0.717) is 51.0 Å². The molecule has 13 heteroatoms. The maximum absolute atomic E-state index is 14.2. The maximum Gasteiger partial charge on any atom is 0.274 e. The molecule has 4 heterocycles. The lowest BCUT2D eigenvalue weighted by Gasteiger charge is -2.40. The highest BCUT2D eigenvalue weighted by atomic mass is 35.5. The molecule has 1 fully saturated rings. The molecule has 0 bridgehead atoms. The highest BCUT2D eigenvalue weighted by molar-refractivity contribution is 6.22. The van der Waals surface area contributed by atoms with Gasteiger partial charge in [-0.05, 0) is 65.9 Å². The van der Waals surface area contributed by atoms with E-state index in [9.17, 15) is 30.0 Å². The number of alkyl halides is 1. The van der Waals surface area contributed by atoms with Gasteiger partial charge in [0.25, 0.3) is 11.8 Å². The number of nitrogens with one attached hydrogen (secondary N) is 3. The smallest absolute Gasteiger partial charge is 0.274 e. The Kier molecular flexibility index (Phi) is 8.11. The molecule has 0 aliphatic carbocycles. The Balaban J connectivity index is 1.10. The lowest BCUT2D eigenvalue weighted by Crippen LogP contribution is -2.60. The molecule has 0 radical (unpaired) electrons. The molecule has 6 atom stereocenters. The molecule has 6 aromatic rings. The van der Waals surface area contributed by atoms with Crippen molar-refractivity contribution in [3.8, 4) is 5.75 Å². The summed E-state index contributed by atoms with van der Waals surface area (Å²) in [5.74, 6) is -0.413. The number of hydrogen-bond acceptors (Lipinski definition) is 8. The molecular weight excluding hydrogens is 664 g/mol. The molecule has 0 spiro atoms. The number of aromatic amines is 2. The standard InChI is InChI=1S/C37H31ClN4O8/c38-20-14-24-22-6-2-3-7-23(22)30(49-37-34(46)33(45)32(44)31(17-43)50-37)15-29(24)42(16-20)36(48)28-13-19-11-21(9-10-26(19)41-28)39-35(47)27-12-18-5-1-4-8-25(18)40-27/h1-3,5-7,9-13,15,20,31-34,37,40-41,43-46H,14,16-17H2,(H,39,47)/t20?,31?,32-,33?,34?,37+/m0/s1. The van der Waals surface area contributed by atoms with Crippen LogP contribution in [0.3, 0.4) is 0 Å². The molecule has 4 unspecified atom stereocenters. The highest BCUT2D eigenvalue weighted by Crippen LogP contribution is 2.42. The van der Waals surface area contributed by atoms with Gasteiger partial charge in [0, 0.05) is 40.0 Å².